The molecular formula is C18H27N3O4S. The third-order valence-corrected chi connectivity index (χ3v) is 6.06. The van der Waals surface area contributed by atoms with Crippen LogP contribution >= 0.6 is 0 Å². The van der Waals surface area contributed by atoms with Crippen molar-refractivity contribution in [3.8, 4) is 0 Å². The summed E-state index contributed by atoms with van der Waals surface area (Å²) >= 11 is 0. The number of aryl methyl sites for hydroxylation is 1. The maximum Gasteiger partial charge on any atom is 0.336 e. The Morgan fingerprint density at radius 1 is 1.12 bits per heavy atom. The molecule has 2 amide bonds. The Morgan fingerprint density at radius 2 is 1.77 bits per heavy atom. The first-order valence-corrected chi connectivity index (χ1v) is 10.6. The van der Waals surface area contributed by atoms with Crippen LogP contribution in [0.2, 0.25) is 0 Å². The zero-order chi connectivity index (χ0) is 19.2. The van der Waals surface area contributed by atoms with Crippen LogP contribution in [0.3, 0.4) is 0 Å². The predicted octanol–water partition coefficient (Wildman–Crippen LogP) is 1.57. The Bertz CT molecular complexity index is 741. The zero-order valence-electron chi connectivity index (χ0n) is 15.4. The van der Waals surface area contributed by atoms with Gasteiger partial charge in [0.2, 0.25) is 15.7 Å². The predicted molar refractivity (Wildman–Crippen MR) is 102 cm³/mol. The molecular weight excluding hydrogens is 354 g/mol. The highest BCUT2D eigenvalue weighted by atomic mass is 32.2. The summed E-state index contributed by atoms with van der Waals surface area (Å²) in [4.78, 5) is 27.9. The molecule has 0 bridgehead atoms. The van der Waals surface area contributed by atoms with E-state index >= 15 is 0 Å². The fraction of sp³-hybridized carbons (Fsp3) is 0.556. The molecule has 144 valence electrons. The molecule has 2 rings (SSSR count). The summed E-state index contributed by atoms with van der Waals surface area (Å²) in [6, 6.07) is 8.11. The average molecular weight is 381 g/mol. The molecule has 7 nitrogen and oxygen atoms in total. The molecule has 1 N–H and O–H groups in total. The van der Waals surface area contributed by atoms with Gasteiger partial charge in [-0.15, -0.1) is 0 Å². The molecule has 0 spiro atoms. The number of sulfone groups is 1. The number of unbranched alkanes of at least 4 members (excludes halogenated alkanes) is 1. The minimum Gasteiger partial charge on any atom is -0.368 e. The molecule has 1 heterocycles. The molecule has 1 saturated heterocycles. The Balaban J connectivity index is 1.81. The van der Waals surface area contributed by atoms with Crippen molar-refractivity contribution in [2.45, 2.75) is 26.7 Å². The summed E-state index contributed by atoms with van der Waals surface area (Å²) in [6.07, 6.45) is 1.13. The van der Waals surface area contributed by atoms with Crippen molar-refractivity contribution in [3.63, 3.8) is 0 Å². The van der Waals surface area contributed by atoms with Crippen LogP contribution < -0.4 is 10.2 Å². The Labute approximate surface area is 155 Å². The van der Waals surface area contributed by atoms with E-state index in [1.54, 1.807) is 4.90 Å². The molecule has 26 heavy (non-hydrogen) atoms. The number of carbonyl (C=O) groups excluding carboxylic acids is 2. The average Bonchev–Trinajstić information content (AvgIpc) is 2.64. The second kappa shape index (κ2) is 9.02. The molecule has 0 unspecified atom stereocenters. The van der Waals surface area contributed by atoms with Gasteiger partial charge in [-0.3, -0.25) is 9.59 Å². The number of anilines is 1. The van der Waals surface area contributed by atoms with Crippen molar-refractivity contribution in [3.05, 3.63) is 29.8 Å². The minimum absolute atomic E-state index is 0.182. The molecule has 0 atom stereocenters. The van der Waals surface area contributed by atoms with Gasteiger partial charge >= 0.3 is 5.24 Å². The number of carbonyl (C=O) groups is 2. The lowest BCUT2D eigenvalue weighted by molar-refractivity contribution is -0.130. The fourth-order valence-electron chi connectivity index (χ4n) is 2.91. The van der Waals surface area contributed by atoms with E-state index in [2.05, 4.69) is 29.3 Å². The maximum absolute atomic E-state index is 12.3. The van der Waals surface area contributed by atoms with Gasteiger partial charge in [0, 0.05) is 31.9 Å². The number of piperazine rings is 1. The molecule has 0 aromatic heterocycles. The van der Waals surface area contributed by atoms with Gasteiger partial charge in [0.1, 0.15) is 0 Å². The van der Waals surface area contributed by atoms with Gasteiger partial charge in [-0.1, -0.05) is 31.5 Å². The van der Waals surface area contributed by atoms with E-state index in [4.69, 9.17) is 0 Å². The molecule has 1 aliphatic heterocycles. The third kappa shape index (κ3) is 5.20. The van der Waals surface area contributed by atoms with E-state index in [1.807, 2.05) is 19.1 Å². The second-order valence-corrected chi connectivity index (χ2v) is 8.48. The van der Waals surface area contributed by atoms with Crippen LogP contribution in [-0.2, 0) is 14.6 Å². The summed E-state index contributed by atoms with van der Waals surface area (Å²) in [7, 11) is -3.83. The van der Waals surface area contributed by atoms with E-state index < -0.39 is 15.1 Å². The summed E-state index contributed by atoms with van der Waals surface area (Å²) in [5, 5.41) is 1.19. The number of hydrogen-bond acceptors (Lipinski definition) is 5. The van der Waals surface area contributed by atoms with Crippen molar-refractivity contribution in [2.24, 2.45) is 0 Å². The number of nitrogens with zero attached hydrogens (tertiary/aromatic N) is 2. The minimum atomic E-state index is -3.83. The van der Waals surface area contributed by atoms with Crippen LogP contribution in [0.15, 0.2) is 24.3 Å². The standard InChI is InChI=1S/C18H27N3O4S/c1-3-4-13-26(24,25)18(23)19-14-17(22)21-11-9-20(10-12-21)16-8-6-5-7-15(16)2/h5-8H,3-4,9-14H2,1-2H3,(H,19,23). The highest BCUT2D eigenvalue weighted by molar-refractivity contribution is 8.06. The molecule has 0 aliphatic carbocycles. The van der Waals surface area contributed by atoms with Gasteiger partial charge in [-0.25, -0.2) is 8.42 Å². The number of amides is 2. The van der Waals surface area contributed by atoms with Crippen molar-refractivity contribution < 1.29 is 18.0 Å². The SMILES string of the molecule is CCCCS(=O)(=O)C(=O)NCC(=O)N1CCN(c2ccccc2C)CC1. The van der Waals surface area contributed by atoms with Crippen molar-refractivity contribution in [1.29, 1.82) is 0 Å². The van der Waals surface area contributed by atoms with Gasteiger partial charge in [0.25, 0.3) is 0 Å². The van der Waals surface area contributed by atoms with Crippen molar-refractivity contribution in [1.82, 2.24) is 10.2 Å². The Morgan fingerprint density at radius 3 is 2.38 bits per heavy atom. The monoisotopic (exact) mass is 381 g/mol. The van der Waals surface area contributed by atoms with Gasteiger partial charge in [0.15, 0.2) is 0 Å². The smallest absolute Gasteiger partial charge is 0.336 e. The molecule has 8 heteroatoms. The van der Waals surface area contributed by atoms with Crippen LogP contribution in [0.1, 0.15) is 25.3 Å². The highest BCUT2D eigenvalue weighted by Gasteiger charge is 2.25. The molecule has 1 aromatic rings. The lowest BCUT2D eigenvalue weighted by Crippen LogP contribution is -2.51. The van der Waals surface area contributed by atoms with Gasteiger partial charge in [0.05, 0.1) is 12.3 Å². The lowest BCUT2D eigenvalue weighted by Gasteiger charge is -2.36. The van der Waals surface area contributed by atoms with Gasteiger partial charge in [-0.05, 0) is 25.0 Å². The van der Waals surface area contributed by atoms with E-state index in [1.165, 1.54) is 5.56 Å². The fourth-order valence-corrected chi connectivity index (χ4v) is 4.06. The van der Waals surface area contributed by atoms with Crippen molar-refractivity contribution >= 4 is 26.7 Å². The van der Waals surface area contributed by atoms with Crippen LogP contribution in [0.4, 0.5) is 10.5 Å². The van der Waals surface area contributed by atoms with Crippen LogP contribution in [0, 0.1) is 6.92 Å². The molecule has 1 fully saturated rings. The first-order chi connectivity index (χ1) is 12.3. The van der Waals surface area contributed by atoms with Gasteiger partial charge in [-0.2, -0.15) is 0 Å². The molecule has 0 radical (unpaired) electrons. The number of para-hydroxylation sites is 1. The number of rotatable bonds is 6. The van der Waals surface area contributed by atoms with Crippen molar-refractivity contribution in [2.75, 3.05) is 43.4 Å². The Kier molecular flexibility index (Phi) is 7.02. The molecule has 1 aliphatic rings. The number of hydrogen-bond donors (Lipinski definition) is 1. The number of benzene rings is 1. The van der Waals surface area contributed by atoms with E-state index in [-0.39, 0.29) is 18.2 Å². The van der Waals surface area contributed by atoms with Crippen LogP contribution in [0.5, 0.6) is 0 Å². The first kappa shape index (κ1) is 20.2. The molecule has 1 aromatic carbocycles. The van der Waals surface area contributed by atoms with E-state index in [9.17, 15) is 18.0 Å². The summed E-state index contributed by atoms with van der Waals surface area (Å²) in [5.41, 5.74) is 2.35. The van der Waals surface area contributed by atoms with Gasteiger partial charge < -0.3 is 15.1 Å². The summed E-state index contributed by atoms with van der Waals surface area (Å²) in [6.45, 7) is 6.14. The lowest BCUT2D eigenvalue weighted by atomic mass is 10.1. The summed E-state index contributed by atoms with van der Waals surface area (Å²) in [5.74, 6) is -0.438. The zero-order valence-corrected chi connectivity index (χ0v) is 16.2. The summed E-state index contributed by atoms with van der Waals surface area (Å²) < 4.78 is 23.5. The largest absolute Gasteiger partial charge is 0.368 e. The van der Waals surface area contributed by atoms with E-state index in [0.717, 1.165) is 5.69 Å². The number of nitrogens with one attached hydrogen (secondary N) is 1. The second-order valence-electron chi connectivity index (χ2n) is 6.47. The van der Waals surface area contributed by atoms with Crippen LogP contribution in [-0.4, -0.2) is 62.9 Å². The normalized spacial score (nSPS) is 15.0. The van der Waals surface area contributed by atoms with Crippen LogP contribution in [0.25, 0.3) is 0 Å². The third-order valence-electron chi connectivity index (χ3n) is 4.52. The Hall–Kier alpha value is -2.09. The molecule has 0 saturated carbocycles. The maximum atomic E-state index is 12.3. The topological polar surface area (TPSA) is 86.8 Å². The quantitative estimate of drug-likeness (QED) is 0.808. The first-order valence-electron chi connectivity index (χ1n) is 8.94. The van der Waals surface area contributed by atoms with E-state index in [0.29, 0.717) is 39.0 Å². The highest BCUT2D eigenvalue weighted by Crippen LogP contribution is 2.20.